The highest BCUT2D eigenvalue weighted by atomic mass is 16.1. The van der Waals surface area contributed by atoms with E-state index in [-0.39, 0.29) is 11.8 Å². The molecule has 4 heteroatoms. The Morgan fingerprint density at radius 3 is 2.93 bits per heavy atom. The number of nitrogens with zero attached hydrogens (tertiary/aromatic N) is 2. The maximum absolute atomic E-state index is 11.7. The molecule has 4 nitrogen and oxygen atoms in total. The van der Waals surface area contributed by atoms with Crippen LogP contribution in [0.5, 0.6) is 0 Å². The summed E-state index contributed by atoms with van der Waals surface area (Å²) in [5, 5.41) is 7.17. The number of Topliss-reactive ketones (excluding diaryl/α,β-unsaturated/α-hetero) is 1. The molecule has 1 rings (SSSR count). The molecule has 0 aromatic carbocycles. The van der Waals surface area contributed by atoms with Crippen molar-refractivity contribution in [2.45, 2.75) is 26.3 Å². The van der Waals surface area contributed by atoms with Gasteiger partial charge in [-0.3, -0.25) is 9.48 Å². The van der Waals surface area contributed by atoms with Crippen LogP contribution in [0.2, 0.25) is 0 Å². The lowest BCUT2D eigenvalue weighted by atomic mass is 10.1. The molecule has 1 heterocycles. The van der Waals surface area contributed by atoms with Crippen molar-refractivity contribution >= 4 is 5.78 Å². The van der Waals surface area contributed by atoms with Crippen LogP contribution in [0, 0.1) is 0 Å². The quantitative estimate of drug-likeness (QED) is 0.713. The highest BCUT2D eigenvalue weighted by Gasteiger charge is 2.12. The Balaban J connectivity index is 2.55. The maximum Gasteiger partial charge on any atom is 0.182 e. The predicted octanol–water partition coefficient (Wildman–Crippen LogP) is 0.991. The smallest absolute Gasteiger partial charge is 0.182 e. The molecule has 0 fully saturated rings. The van der Waals surface area contributed by atoms with E-state index >= 15 is 0 Å². The van der Waals surface area contributed by atoms with Crippen LogP contribution < -0.4 is 5.32 Å². The van der Waals surface area contributed by atoms with E-state index in [4.69, 9.17) is 0 Å². The molecule has 0 saturated heterocycles. The lowest BCUT2D eigenvalue weighted by Gasteiger charge is -2.10. The zero-order valence-electron chi connectivity index (χ0n) is 8.95. The van der Waals surface area contributed by atoms with E-state index in [1.165, 1.54) is 0 Å². The Hall–Kier alpha value is -1.16. The molecule has 14 heavy (non-hydrogen) atoms. The minimum absolute atomic E-state index is 0.137. The minimum Gasteiger partial charge on any atom is -0.314 e. The molecule has 1 aromatic heterocycles. The first-order chi connectivity index (χ1) is 6.65. The minimum atomic E-state index is 0.137. The van der Waals surface area contributed by atoms with E-state index in [2.05, 4.69) is 10.4 Å². The van der Waals surface area contributed by atoms with Crippen LogP contribution in [-0.4, -0.2) is 28.2 Å². The molecular weight excluding hydrogens is 178 g/mol. The molecule has 1 aromatic rings. The normalized spacial score (nSPS) is 12.8. The number of hydrogen-bond acceptors (Lipinski definition) is 3. The summed E-state index contributed by atoms with van der Waals surface area (Å²) in [5.74, 6) is 0.137. The first-order valence-electron chi connectivity index (χ1n) is 4.89. The Labute approximate surface area is 84.3 Å². The van der Waals surface area contributed by atoms with Gasteiger partial charge in [0.05, 0.1) is 0 Å². The Kier molecular flexibility index (Phi) is 3.83. The number of carbonyl (C=O) groups excluding carboxylic acids is 1. The van der Waals surface area contributed by atoms with Gasteiger partial charge in [0.2, 0.25) is 0 Å². The van der Waals surface area contributed by atoms with Gasteiger partial charge in [-0.05, 0) is 19.5 Å². The monoisotopic (exact) mass is 195 g/mol. The third-order valence-electron chi connectivity index (χ3n) is 2.15. The van der Waals surface area contributed by atoms with Crippen LogP contribution in [0.4, 0.5) is 0 Å². The number of hydrogen-bond donors (Lipinski definition) is 1. The molecule has 0 aliphatic heterocycles. The van der Waals surface area contributed by atoms with Crippen LogP contribution in [0.25, 0.3) is 0 Å². The number of aromatic nitrogens is 2. The third-order valence-corrected chi connectivity index (χ3v) is 2.15. The average molecular weight is 195 g/mol. The SMILES string of the molecule is CCNC(C)CC(=O)c1ccnn1C. The second-order valence-corrected chi connectivity index (χ2v) is 3.43. The topological polar surface area (TPSA) is 46.9 Å². The van der Waals surface area contributed by atoms with Crippen LogP contribution in [0.1, 0.15) is 30.8 Å². The van der Waals surface area contributed by atoms with Crippen LogP contribution >= 0.6 is 0 Å². The Bertz CT molecular complexity index is 306. The molecule has 0 saturated carbocycles. The van der Waals surface area contributed by atoms with E-state index in [0.717, 1.165) is 6.54 Å². The van der Waals surface area contributed by atoms with Crippen molar-refractivity contribution in [2.75, 3.05) is 6.54 Å². The van der Waals surface area contributed by atoms with Crippen molar-refractivity contribution in [2.24, 2.45) is 7.05 Å². The molecule has 0 spiro atoms. The lowest BCUT2D eigenvalue weighted by Crippen LogP contribution is -2.28. The fourth-order valence-corrected chi connectivity index (χ4v) is 1.45. The van der Waals surface area contributed by atoms with Crippen LogP contribution in [0.15, 0.2) is 12.3 Å². The average Bonchev–Trinajstić information content (AvgIpc) is 2.51. The van der Waals surface area contributed by atoms with Crippen molar-refractivity contribution in [3.8, 4) is 0 Å². The molecular formula is C10H17N3O. The van der Waals surface area contributed by atoms with E-state index in [0.29, 0.717) is 12.1 Å². The Morgan fingerprint density at radius 2 is 2.43 bits per heavy atom. The number of ketones is 1. The number of rotatable bonds is 5. The van der Waals surface area contributed by atoms with Gasteiger partial charge in [0.15, 0.2) is 5.78 Å². The zero-order valence-corrected chi connectivity index (χ0v) is 8.95. The summed E-state index contributed by atoms with van der Waals surface area (Å²) in [7, 11) is 1.78. The number of carbonyl (C=O) groups is 1. The van der Waals surface area contributed by atoms with Crippen LogP contribution in [0.3, 0.4) is 0 Å². The fourth-order valence-electron chi connectivity index (χ4n) is 1.45. The highest BCUT2D eigenvalue weighted by Crippen LogP contribution is 2.03. The Morgan fingerprint density at radius 1 is 1.71 bits per heavy atom. The number of nitrogens with one attached hydrogen (secondary N) is 1. The molecule has 0 radical (unpaired) electrons. The van der Waals surface area contributed by atoms with E-state index < -0.39 is 0 Å². The van der Waals surface area contributed by atoms with Crippen molar-refractivity contribution in [3.63, 3.8) is 0 Å². The van der Waals surface area contributed by atoms with Gasteiger partial charge in [0.1, 0.15) is 5.69 Å². The van der Waals surface area contributed by atoms with Gasteiger partial charge in [-0.2, -0.15) is 5.10 Å². The van der Waals surface area contributed by atoms with Gasteiger partial charge in [-0.1, -0.05) is 6.92 Å². The molecule has 1 atom stereocenters. The van der Waals surface area contributed by atoms with Gasteiger partial charge in [0, 0.05) is 25.7 Å². The fraction of sp³-hybridized carbons (Fsp3) is 0.600. The highest BCUT2D eigenvalue weighted by molar-refractivity contribution is 5.94. The molecule has 0 aliphatic rings. The molecule has 0 bridgehead atoms. The largest absolute Gasteiger partial charge is 0.314 e. The van der Waals surface area contributed by atoms with Crippen molar-refractivity contribution < 1.29 is 4.79 Å². The van der Waals surface area contributed by atoms with Crippen LogP contribution in [-0.2, 0) is 7.05 Å². The summed E-state index contributed by atoms with van der Waals surface area (Å²) < 4.78 is 1.61. The van der Waals surface area contributed by atoms with Crippen molar-refractivity contribution in [1.82, 2.24) is 15.1 Å². The molecule has 0 aliphatic carbocycles. The van der Waals surface area contributed by atoms with Crippen molar-refractivity contribution in [1.29, 1.82) is 0 Å². The predicted molar refractivity (Wildman–Crippen MR) is 55.3 cm³/mol. The molecule has 1 unspecified atom stereocenters. The summed E-state index contributed by atoms with van der Waals surface area (Å²) in [6.07, 6.45) is 2.17. The zero-order chi connectivity index (χ0) is 10.6. The first-order valence-corrected chi connectivity index (χ1v) is 4.89. The summed E-state index contributed by atoms with van der Waals surface area (Å²) >= 11 is 0. The summed E-state index contributed by atoms with van der Waals surface area (Å²) in [6.45, 7) is 4.93. The first kappa shape index (κ1) is 10.9. The third kappa shape index (κ3) is 2.67. The summed E-state index contributed by atoms with van der Waals surface area (Å²) in [6, 6.07) is 1.98. The second kappa shape index (κ2) is 4.91. The number of aryl methyl sites for hydroxylation is 1. The van der Waals surface area contributed by atoms with Crippen molar-refractivity contribution in [3.05, 3.63) is 18.0 Å². The van der Waals surface area contributed by atoms with E-state index in [1.54, 1.807) is 24.0 Å². The van der Waals surface area contributed by atoms with E-state index in [1.807, 2.05) is 13.8 Å². The molecule has 0 amide bonds. The van der Waals surface area contributed by atoms with Gasteiger partial charge in [0.25, 0.3) is 0 Å². The second-order valence-electron chi connectivity index (χ2n) is 3.43. The summed E-state index contributed by atoms with van der Waals surface area (Å²) in [5.41, 5.74) is 0.676. The molecule has 1 N–H and O–H groups in total. The lowest BCUT2D eigenvalue weighted by molar-refractivity contribution is 0.0962. The van der Waals surface area contributed by atoms with Gasteiger partial charge >= 0.3 is 0 Å². The van der Waals surface area contributed by atoms with E-state index in [9.17, 15) is 4.79 Å². The maximum atomic E-state index is 11.7. The summed E-state index contributed by atoms with van der Waals surface area (Å²) in [4.78, 5) is 11.7. The molecule has 78 valence electrons. The van der Waals surface area contributed by atoms with Gasteiger partial charge < -0.3 is 5.32 Å². The van der Waals surface area contributed by atoms with Gasteiger partial charge in [-0.15, -0.1) is 0 Å². The van der Waals surface area contributed by atoms with Gasteiger partial charge in [-0.25, -0.2) is 0 Å². The standard InChI is InChI=1S/C10H17N3O/c1-4-11-8(2)7-10(14)9-5-6-12-13(9)3/h5-6,8,11H,4,7H2,1-3H3.